The molecule has 222 valence electrons. The minimum Gasteiger partial charge on any atom is -0.427 e. The number of nitrogens with one attached hydrogen (secondary N) is 2. The van der Waals surface area contributed by atoms with Crippen molar-refractivity contribution >= 4 is 29.6 Å². The van der Waals surface area contributed by atoms with Crippen LogP contribution in [0.25, 0.3) is 0 Å². The molecule has 1 fully saturated rings. The monoisotopic (exact) mass is 593 g/mol. The van der Waals surface area contributed by atoms with Gasteiger partial charge in [-0.2, -0.15) is 18.4 Å². The van der Waals surface area contributed by atoms with E-state index < -0.39 is 66.5 Å². The Labute approximate surface area is 236 Å². The summed E-state index contributed by atoms with van der Waals surface area (Å²) in [5, 5.41) is 13.2. The summed E-state index contributed by atoms with van der Waals surface area (Å²) >= 11 is 0. The zero-order chi connectivity index (χ0) is 30.8. The number of nitriles is 1. The van der Waals surface area contributed by atoms with Gasteiger partial charge in [-0.15, -0.1) is 0 Å². The Balaban J connectivity index is 1.55. The van der Waals surface area contributed by atoms with Crippen molar-refractivity contribution in [2.75, 3.05) is 18.4 Å². The molecule has 1 aliphatic heterocycles. The average molecular weight is 594 g/mol. The zero-order valence-electron chi connectivity index (χ0n) is 22.1. The molecule has 42 heavy (non-hydrogen) atoms. The van der Waals surface area contributed by atoms with E-state index in [9.17, 15) is 41.1 Å². The van der Waals surface area contributed by atoms with Gasteiger partial charge in [-0.3, -0.25) is 9.59 Å². The Hall–Kier alpha value is -4.74. The molecule has 2 aliphatic rings. The maximum absolute atomic E-state index is 14.9. The molecule has 0 radical (unpaired) electrons. The molecule has 0 saturated carbocycles. The first kappa shape index (κ1) is 30.2. The third-order valence-electron chi connectivity index (χ3n) is 7.04. The molecule has 1 saturated heterocycles. The molecule has 2 aromatic carbocycles. The number of halogens is 5. The fourth-order valence-electron chi connectivity index (χ4n) is 4.78. The highest BCUT2D eigenvalue weighted by molar-refractivity contribution is 6.06. The van der Waals surface area contributed by atoms with Crippen LogP contribution in [-0.4, -0.2) is 59.0 Å². The Kier molecular flexibility index (Phi) is 8.37. The van der Waals surface area contributed by atoms with E-state index in [0.717, 1.165) is 25.1 Å². The minimum atomic E-state index is -4.85. The van der Waals surface area contributed by atoms with Gasteiger partial charge in [0.1, 0.15) is 24.2 Å². The van der Waals surface area contributed by atoms with Crippen LogP contribution < -0.4 is 10.6 Å². The predicted molar refractivity (Wildman–Crippen MR) is 134 cm³/mol. The first-order valence-electron chi connectivity index (χ1n) is 12.7. The van der Waals surface area contributed by atoms with Crippen LogP contribution in [0.15, 0.2) is 36.4 Å². The highest BCUT2D eigenvalue weighted by Crippen LogP contribution is 2.46. The van der Waals surface area contributed by atoms with E-state index in [1.165, 1.54) is 18.2 Å². The van der Waals surface area contributed by atoms with Gasteiger partial charge >= 0.3 is 18.3 Å². The summed E-state index contributed by atoms with van der Waals surface area (Å²) in [6, 6.07) is 5.34. The molecule has 2 N–H and O–H groups in total. The van der Waals surface area contributed by atoms with Crippen molar-refractivity contribution in [2.24, 2.45) is 0 Å². The maximum atomic E-state index is 14.9. The van der Waals surface area contributed by atoms with E-state index in [1.54, 1.807) is 0 Å². The molecular formula is C27H24F5N5O5. The summed E-state index contributed by atoms with van der Waals surface area (Å²) in [7, 11) is 0. The number of hydrogen-bond acceptors (Lipinski definition) is 6. The molecule has 0 aromatic heterocycles. The molecule has 4 rings (SSSR count). The number of hydrogen-bond donors (Lipinski definition) is 2. The lowest BCUT2D eigenvalue weighted by Gasteiger charge is -2.31. The molecule has 2 atom stereocenters. The van der Waals surface area contributed by atoms with Gasteiger partial charge in [0.15, 0.2) is 0 Å². The van der Waals surface area contributed by atoms with Crippen LogP contribution in [0.2, 0.25) is 0 Å². The normalized spacial score (nSPS) is 18.4. The number of carbonyl (C=O) groups excluding carboxylic acids is 4. The van der Waals surface area contributed by atoms with E-state index in [0.29, 0.717) is 15.4 Å². The smallest absolute Gasteiger partial charge is 0.418 e. The van der Waals surface area contributed by atoms with Gasteiger partial charge in [0, 0.05) is 25.1 Å². The number of urea groups is 1. The second-order valence-electron chi connectivity index (χ2n) is 9.73. The van der Waals surface area contributed by atoms with E-state index in [4.69, 9.17) is 10.00 Å². The summed E-state index contributed by atoms with van der Waals surface area (Å²) in [5.41, 5.74) is -1.71. The van der Waals surface area contributed by atoms with Crippen LogP contribution in [0, 0.1) is 23.0 Å². The van der Waals surface area contributed by atoms with E-state index >= 15 is 0 Å². The summed E-state index contributed by atoms with van der Waals surface area (Å²) < 4.78 is 74.4. The number of ether oxygens (including phenoxy) is 1. The number of imide groups is 1. The van der Waals surface area contributed by atoms with Crippen LogP contribution in [-0.2, 0) is 32.9 Å². The van der Waals surface area contributed by atoms with E-state index in [1.807, 2.05) is 6.07 Å². The molecule has 2 unspecified atom stereocenters. The van der Waals surface area contributed by atoms with E-state index in [-0.39, 0.29) is 42.6 Å². The minimum absolute atomic E-state index is 0.0180. The number of rotatable bonds is 8. The molecule has 10 nitrogen and oxygen atoms in total. The Morgan fingerprint density at radius 1 is 1.19 bits per heavy atom. The van der Waals surface area contributed by atoms with Gasteiger partial charge in [-0.05, 0) is 48.7 Å². The second-order valence-corrected chi connectivity index (χ2v) is 9.73. The number of nitrogens with zero attached hydrogens (tertiary/aromatic N) is 3. The molecule has 1 aliphatic carbocycles. The highest BCUT2D eigenvalue weighted by atomic mass is 19.4. The molecule has 1 heterocycles. The van der Waals surface area contributed by atoms with Gasteiger partial charge in [0.2, 0.25) is 11.5 Å². The van der Waals surface area contributed by atoms with Crippen LogP contribution >= 0.6 is 0 Å². The first-order chi connectivity index (χ1) is 19.8. The summed E-state index contributed by atoms with van der Waals surface area (Å²) in [6.07, 6.45) is -6.13. The fourth-order valence-corrected chi connectivity index (χ4v) is 4.78. The zero-order valence-corrected chi connectivity index (χ0v) is 22.1. The summed E-state index contributed by atoms with van der Waals surface area (Å²) in [4.78, 5) is 52.1. The van der Waals surface area contributed by atoms with Crippen molar-refractivity contribution in [3.05, 3.63) is 64.7 Å². The third-order valence-corrected chi connectivity index (χ3v) is 7.04. The largest absolute Gasteiger partial charge is 0.427 e. The van der Waals surface area contributed by atoms with Crippen molar-refractivity contribution in [3.63, 3.8) is 0 Å². The van der Waals surface area contributed by atoms with E-state index in [2.05, 4.69) is 10.6 Å². The van der Waals surface area contributed by atoms with Crippen LogP contribution in [0.1, 0.15) is 36.5 Å². The van der Waals surface area contributed by atoms with Crippen molar-refractivity contribution in [3.8, 4) is 6.07 Å². The molecule has 15 heteroatoms. The molecule has 5 amide bonds. The molecule has 0 bridgehead atoms. The summed E-state index contributed by atoms with van der Waals surface area (Å²) in [6.45, 7) is -0.907. The number of anilines is 1. The fraction of sp³-hybridized carbons (Fsp3) is 0.370. The van der Waals surface area contributed by atoms with Crippen molar-refractivity contribution in [1.82, 2.24) is 15.1 Å². The standard InChI is InChI=1S/C27H24F5N5O5/c1-15(27(30,31)32)36(13-16-3-5-18(28)6-4-16)22(38)14-37-23(39)26(42-25(37)41)8-7-17-11-21(20(29)12-19(17)26)35-24(40)34-10-2-9-33/h3-6,11-12,15H,2,7-8,10,13-14H2,1H3,(H2,34,35,40). The SMILES string of the molecule is CC(N(Cc1ccc(F)cc1)C(=O)CN1C(=O)OC2(CCc3cc(NC(=O)NCCC#N)c(F)cc32)C1=O)C(F)(F)F. The number of fused-ring (bicyclic) bond motifs is 2. The number of benzene rings is 2. The van der Waals surface area contributed by atoms with Gasteiger partial charge in [0.05, 0.1) is 18.2 Å². The van der Waals surface area contributed by atoms with Gasteiger partial charge in [0.25, 0.3) is 5.91 Å². The Bertz CT molecular complexity index is 1460. The van der Waals surface area contributed by atoms with Gasteiger partial charge in [-0.25, -0.2) is 23.3 Å². The lowest BCUT2D eigenvalue weighted by atomic mass is 9.94. The van der Waals surface area contributed by atoms with Gasteiger partial charge < -0.3 is 20.3 Å². The van der Waals surface area contributed by atoms with Crippen molar-refractivity contribution in [2.45, 2.75) is 50.6 Å². The van der Waals surface area contributed by atoms with Crippen molar-refractivity contribution in [1.29, 1.82) is 5.26 Å². The van der Waals surface area contributed by atoms with Crippen LogP contribution in [0.5, 0.6) is 0 Å². The topological polar surface area (TPSA) is 132 Å². The number of alkyl halides is 3. The predicted octanol–water partition coefficient (Wildman–Crippen LogP) is 4.10. The molecule has 1 spiro atoms. The first-order valence-corrected chi connectivity index (χ1v) is 12.7. The van der Waals surface area contributed by atoms with Crippen molar-refractivity contribution < 1.29 is 45.9 Å². The van der Waals surface area contributed by atoms with Crippen LogP contribution in [0.3, 0.4) is 0 Å². The molecular weight excluding hydrogens is 569 g/mol. The quantitative estimate of drug-likeness (QED) is 0.350. The number of carbonyl (C=O) groups is 4. The lowest BCUT2D eigenvalue weighted by Crippen LogP contribution is -2.51. The lowest BCUT2D eigenvalue weighted by molar-refractivity contribution is -0.187. The Morgan fingerprint density at radius 2 is 1.88 bits per heavy atom. The third kappa shape index (κ3) is 5.97. The Morgan fingerprint density at radius 3 is 2.52 bits per heavy atom. The maximum Gasteiger partial charge on any atom is 0.418 e. The average Bonchev–Trinajstić information content (AvgIpc) is 3.39. The molecule has 2 aromatic rings. The highest BCUT2D eigenvalue weighted by Gasteiger charge is 2.59. The van der Waals surface area contributed by atoms with Crippen LogP contribution in [0.4, 0.5) is 37.2 Å². The second kappa shape index (κ2) is 11.6. The number of aryl methyl sites for hydroxylation is 1. The number of amides is 5. The summed E-state index contributed by atoms with van der Waals surface area (Å²) in [5.74, 6) is -3.87. The van der Waals surface area contributed by atoms with Gasteiger partial charge in [-0.1, -0.05) is 12.1 Å².